The number of hydrogen-bond acceptors (Lipinski definition) is 4. The number of nitrogens with zero attached hydrogens (tertiary/aromatic N) is 2. The minimum absolute atomic E-state index is 0.772. The van der Waals surface area contributed by atoms with Gasteiger partial charge >= 0.3 is 0 Å². The molecule has 3 aromatic rings. The van der Waals surface area contributed by atoms with Gasteiger partial charge in [0.1, 0.15) is 0 Å². The Morgan fingerprint density at radius 3 is 2.59 bits per heavy atom. The summed E-state index contributed by atoms with van der Waals surface area (Å²) in [4.78, 5) is 8.74. The molecule has 2 heterocycles. The molecule has 88 valence electrons. The van der Waals surface area contributed by atoms with E-state index in [2.05, 4.69) is 9.97 Å². The summed E-state index contributed by atoms with van der Waals surface area (Å²) in [5.41, 5.74) is 8.68. The van der Waals surface area contributed by atoms with Crippen molar-refractivity contribution in [2.24, 2.45) is 0 Å². The fourth-order valence-electron chi connectivity index (χ4n) is 1.76. The summed E-state index contributed by atoms with van der Waals surface area (Å²) in [6.07, 6.45) is 1.73. The molecule has 0 aliphatic heterocycles. The maximum Gasteiger partial charge on any atom is 0.0908 e. The second-order valence-corrected chi connectivity index (χ2v) is 4.64. The zero-order valence-electron chi connectivity index (χ0n) is 10.2. The first kappa shape index (κ1) is 11.8. The predicted molar refractivity (Wildman–Crippen MR) is 75.4 cm³/mol. The number of thiazole rings is 1. The molecule has 0 bridgehead atoms. The van der Waals surface area contributed by atoms with Gasteiger partial charge in [0.2, 0.25) is 0 Å². The molecule has 0 fully saturated rings. The molecular formula is C13H15N3S. The van der Waals surface area contributed by atoms with Gasteiger partial charge in [0.05, 0.1) is 20.7 Å². The summed E-state index contributed by atoms with van der Waals surface area (Å²) >= 11 is 1.66. The number of pyridine rings is 1. The highest BCUT2D eigenvalue weighted by atomic mass is 32.1. The number of aryl methyl sites for hydroxylation is 1. The van der Waals surface area contributed by atoms with E-state index in [0.717, 1.165) is 31.8 Å². The summed E-state index contributed by atoms with van der Waals surface area (Å²) in [5.74, 6) is 0. The number of anilines is 1. The van der Waals surface area contributed by atoms with Crippen molar-refractivity contribution in [3.05, 3.63) is 29.4 Å². The average molecular weight is 245 g/mol. The Morgan fingerprint density at radius 2 is 1.82 bits per heavy atom. The molecule has 1 aromatic carbocycles. The van der Waals surface area contributed by atoms with Crippen LogP contribution in [0.15, 0.2) is 24.4 Å². The lowest BCUT2D eigenvalue weighted by Gasteiger charge is -2.00. The second-order valence-electron chi connectivity index (χ2n) is 3.44. The summed E-state index contributed by atoms with van der Waals surface area (Å²) in [6, 6.07) is 5.79. The highest BCUT2D eigenvalue weighted by Gasteiger charge is 2.07. The Labute approximate surface area is 104 Å². The van der Waals surface area contributed by atoms with Crippen LogP contribution in [0.2, 0.25) is 0 Å². The molecule has 0 radical (unpaired) electrons. The van der Waals surface area contributed by atoms with Gasteiger partial charge in [-0.25, -0.2) is 4.98 Å². The SMILES string of the molecule is CC.Cc1nc2ccc3nccc(N)c3c2s1. The topological polar surface area (TPSA) is 51.8 Å². The van der Waals surface area contributed by atoms with E-state index in [1.807, 2.05) is 39.0 Å². The fourth-order valence-corrected chi connectivity index (χ4v) is 2.74. The zero-order chi connectivity index (χ0) is 12.4. The van der Waals surface area contributed by atoms with Crippen LogP contribution in [0.1, 0.15) is 18.9 Å². The quantitative estimate of drug-likeness (QED) is 0.656. The minimum Gasteiger partial charge on any atom is -0.398 e. The molecule has 0 amide bonds. The lowest BCUT2D eigenvalue weighted by molar-refractivity contribution is 1.35. The molecule has 0 spiro atoms. The van der Waals surface area contributed by atoms with Crippen LogP contribution < -0.4 is 5.73 Å². The predicted octanol–water partition coefficient (Wildman–Crippen LogP) is 3.76. The van der Waals surface area contributed by atoms with E-state index in [1.54, 1.807) is 17.5 Å². The highest BCUT2D eigenvalue weighted by Crippen LogP contribution is 2.32. The Bertz CT molecular complexity index is 658. The van der Waals surface area contributed by atoms with Gasteiger partial charge in [-0.3, -0.25) is 4.98 Å². The van der Waals surface area contributed by atoms with Crippen molar-refractivity contribution in [2.45, 2.75) is 20.8 Å². The first-order valence-electron chi connectivity index (χ1n) is 5.66. The van der Waals surface area contributed by atoms with Crippen LogP contribution >= 0.6 is 11.3 Å². The van der Waals surface area contributed by atoms with E-state index in [9.17, 15) is 0 Å². The van der Waals surface area contributed by atoms with Crippen LogP contribution in [0.3, 0.4) is 0 Å². The van der Waals surface area contributed by atoms with Gasteiger partial charge in [-0.05, 0) is 25.1 Å². The van der Waals surface area contributed by atoms with Crippen LogP contribution in [0.4, 0.5) is 5.69 Å². The van der Waals surface area contributed by atoms with Crippen molar-refractivity contribution in [2.75, 3.05) is 5.73 Å². The smallest absolute Gasteiger partial charge is 0.0908 e. The van der Waals surface area contributed by atoms with Crippen LogP contribution in [0.5, 0.6) is 0 Å². The van der Waals surface area contributed by atoms with E-state index < -0.39 is 0 Å². The number of aromatic nitrogens is 2. The van der Waals surface area contributed by atoms with Crippen molar-refractivity contribution >= 4 is 38.1 Å². The normalized spacial score (nSPS) is 10.3. The molecule has 0 atom stereocenters. The number of rotatable bonds is 0. The zero-order valence-corrected chi connectivity index (χ0v) is 11.0. The maximum atomic E-state index is 5.97. The molecule has 3 rings (SSSR count). The van der Waals surface area contributed by atoms with Gasteiger partial charge in [0.25, 0.3) is 0 Å². The van der Waals surface area contributed by atoms with Crippen molar-refractivity contribution in [1.82, 2.24) is 9.97 Å². The van der Waals surface area contributed by atoms with Crippen molar-refractivity contribution in [1.29, 1.82) is 0 Å². The van der Waals surface area contributed by atoms with Crippen LogP contribution in [0.25, 0.3) is 21.1 Å². The Morgan fingerprint density at radius 1 is 1.12 bits per heavy atom. The van der Waals surface area contributed by atoms with Gasteiger partial charge in [-0.15, -0.1) is 11.3 Å². The number of hydrogen-bond donors (Lipinski definition) is 1. The largest absolute Gasteiger partial charge is 0.398 e. The van der Waals surface area contributed by atoms with E-state index in [-0.39, 0.29) is 0 Å². The number of nitrogen functional groups attached to an aromatic ring is 1. The van der Waals surface area contributed by atoms with Crippen molar-refractivity contribution in [3.8, 4) is 0 Å². The van der Waals surface area contributed by atoms with Gasteiger partial charge in [-0.2, -0.15) is 0 Å². The van der Waals surface area contributed by atoms with Crippen molar-refractivity contribution in [3.63, 3.8) is 0 Å². The third kappa shape index (κ3) is 1.96. The van der Waals surface area contributed by atoms with E-state index >= 15 is 0 Å². The summed E-state index contributed by atoms with van der Waals surface area (Å²) < 4.78 is 1.13. The molecule has 0 saturated carbocycles. The van der Waals surface area contributed by atoms with E-state index in [1.165, 1.54) is 0 Å². The van der Waals surface area contributed by atoms with Crippen molar-refractivity contribution < 1.29 is 0 Å². The molecule has 3 nitrogen and oxygen atoms in total. The lowest BCUT2D eigenvalue weighted by Crippen LogP contribution is -1.88. The highest BCUT2D eigenvalue weighted by molar-refractivity contribution is 7.19. The van der Waals surface area contributed by atoms with E-state index in [0.29, 0.717) is 0 Å². The Kier molecular flexibility index (Phi) is 3.24. The molecule has 2 N–H and O–H groups in total. The number of nitrogens with two attached hydrogens (primary N) is 1. The van der Waals surface area contributed by atoms with Crippen LogP contribution in [-0.4, -0.2) is 9.97 Å². The van der Waals surface area contributed by atoms with E-state index in [4.69, 9.17) is 5.73 Å². The number of benzene rings is 1. The van der Waals surface area contributed by atoms with Gasteiger partial charge < -0.3 is 5.73 Å². The molecule has 0 saturated heterocycles. The molecular weight excluding hydrogens is 230 g/mol. The summed E-state index contributed by atoms with van der Waals surface area (Å²) in [6.45, 7) is 6.00. The molecule has 2 aromatic heterocycles. The van der Waals surface area contributed by atoms with Gasteiger partial charge in [-0.1, -0.05) is 13.8 Å². The van der Waals surface area contributed by atoms with Gasteiger partial charge in [0.15, 0.2) is 0 Å². The minimum atomic E-state index is 0.772. The summed E-state index contributed by atoms with van der Waals surface area (Å²) in [5, 5.41) is 2.08. The third-order valence-corrected chi connectivity index (χ3v) is 3.40. The molecule has 0 aliphatic carbocycles. The molecule has 0 unspecified atom stereocenters. The Balaban J connectivity index is 0.000000514. The maximum absolute atomic E-state index is 5.97. The summed E-state index contributed by atoms with van der Waals surface area (Å²) in [7, 11) is 0. The van der Waals surface area contributed by atoms with Crippen LogP contribution in [-0.2, 0) is 0 Å². The lowest BCUT2D eigenvalue weighted by atomic mass is 10.2. The monoisotopic (exact) mass is 245 g/mol. The molecule has 0 aliphatic rings. The third-order valence-electron chi connectivity index (χ3n) is 2.40. The van der Waals surface area contributed by atoms with Gasteiger partial charge in [0, 0.05) is 17.3 Å². The first-order chi connectivity index (χ1) is 8.25. The average Bonchev–Trinajstić information content (AvgIpc) is 2.72. The molecule has 17 heavy (non-hydrogen) atoms. The number of fused-ring (bicyclic) bond motifs is 3. The van der Waals surface area contributed by atoms with Crippen LogP contribution in [0, 0.1) is 6.92 Å². The Hall–Kier alpha value is -1.68. The molecule has 4 heteroatoms. The fraction of sp³-hybridized carbons (Fsp3) is 0.231. The standard InChI is InChI=1S/C11H9N3S.C2H6/c1-6-14-9-3-2-8-10(11(9)15-6)7(12)4-5-13-8;1-2/h2-5H,1H3,(H2,12,13);1-2H3. The first-order valence-corrected chi connectivity index (χ1v) is 6.48. The second kappa shape index (κ2) is 4.67.